The molecule has 0 amide bonds. The highest BCUT2D eigenvalue weighted by atomic mass is 32.1. The number of fused-ring (bicyclic) bond motifs is 3. The van der Waals surface area contributed by atoms with Crippen LogP contribution in [0.3, 0.4) is 0 Å². The minimum atomic E-state index is -0.856. The number of carboxylic acids is 1. The first-order chi connectivity index (χ1) is 8.99. The summed E-state index contributed by atoms with van der Waals surface area (Å²) in [6.07, 6.45) is 1.31. The van der Waals surface area contributed by atoms with E-state index in [0.717, 1.165) is 11.3 Å². The lowest BCUT2D eigenvalue weighted by Crippen LogP contribution is -2.15. The lowest BCUT2D eigenvalue weighted by molar-refractivity contribution is -0.138. The number of H-pyrrole nitrogens is 1. The Bertz CT molecular complexity index is 729. The van der Waals surface area contributed by atoms with Crippen molar-refractivity contribution in [3.63, 3.8) is 0 Å². The first-order valence-corrected chi connectivity index (χ1v) is 7.09. The molecule has 2 heterocycles. The number of nitrogens with zero attached hydrogens (tertiary/aromatic N) is 1. The average molecular weight is 278 g/mol. The molecule has 0 spiro atoms. The van der Waals surface area contributed by atoms with E-state index in [1.165, 1.54) is 11.3 Å². The molecule has 1 unspecified atom stereocenters. The highest BCUT2D eigenvalue weighted by Gasteiger charge is 2.34. The van der Waals surface area contributed by atoms with Crippen LogP contribution < -0.4 is 5.56 Å². The highest BCUT2D eigenvalue weighted by Crippen LogP contribution is 2.42. The van der Waals surface area contributed by atoms with Gasteiger partial charge in [-0.05, 0) is 18.4 Å². The maximum Gasteiger partial charge on any atom is 0.311 e. The summed E-state index contributed by atoms with van der Waals surface area (Å²) in [6, 6.07) is 0. The lowest BCUT2D eigenvalue weighted by atomic mass is 10.0. The van der Waals surface area contributed by atoms with Gasteiger partial charge < -0.3 is 10.1 Å². The zero-order chi connectivity index (χ0) is 13.7. The van der Waals surface area contributed by atoms with Gasteiger partial charge in [0.2, 0.25) is 0 Å². The quantitative estimate of drug-likeness (QED) is 0.882. The van der Waals surface area contributed by atoms with E-state index in [4.69, 9.17) is 0 Å². The maximum atomic E-state index is 12.2. The summed E-state index contributed by atoms with van der Waals surface area (Å²) in [5.41, 5.74) is 0.482. The molecule has 0 bridgehead atoms. The monoisotopic (exact) mass is 278 g/mol. The molecular weight excluding hydrogens is 264 g/mol. The summed E-state index contributed by atoms with van der Waals surface area (Å²) < 4.78 is 0. The SMILES string of the molecule is CC(C)c1nc2sc3c(c2c(=O)[nH]1)C(C(=O)O)CC3. The van der Waals surface area contributed by atoms with E-state index in [-0.39, 0.29) is 11.5 Å². The second kappa shape index (κ2) is 4.16. The highest BCUT2D eigenvalue weighted by molar-refractivity contribution is 7.18. The molecule has 0 aliphatic heterocycles. The van der Waals surface area contributed by atoms with Gasteiger partial charge in [0.05, 0.1) is 11.3 Å². The molecule has 5 nitrogen and oxygen atoms in total. The van der Waals surface area contributed by atoms with Gasteiger partial charge in [-0.25, -0.2) is 4.98 Å². The van der Waals surface area contributed by atoms with Crippen molar-refractivity contribution in [3.05, 3.63) is 26.6 Å². The Morgan fingerprint density at radius 2 is 2.26 bits per heavy atom. The third-order valence-electron chi connectivity index (χ3n) is 3.55. The second-order valence-corrected chi connectivity index (χ2v) is 6.24. The third-order valence-corrected chi connectivity index (χ3v) is 4.71. The number of carbonyl (C=O) groups is 1. The lowest BCUT2D eigenvalue weighted by Gasteiger charge is -2.06. The van der Waals surface area contributed by atoms with Crippen LogP contribution >= 0.6 is 11.3 Å². The number of hydrogen-bond donors (Lipinski definition) is 2. The van der Waals surface area contributed by atoms with Gasteiger partial charge in [-0.1, -0.05) is 13.8 Å². The van der Waals surface area contributed by atoms with Crippen molar-refractivity contribution in [3.8, 4) is 0 Å². The van der Waals surface area contributed by atoms with E-state index in [9.17, 15) is 14.7 Å². The van der Waals surface area contributed by atoms with E-state index in [2.05, 4.69) is 9.97 Å². The number of aromatic nitrogens is 2. The Morgan fingerprint density at radius 1 is 1.53 bits per heavy atom. The molecule has 0 saturated heterocycles. The molecule has 1 aliphatic carbocycles. The van der Waals surface area contributed by atoms with Gasteiger partial charge in [0.15, 0.2) is 0 Å². The Morgan fingerprint density at radius 3 is 2.89 bits per heavy atom. The minimum absolute atomic E-state index is 0.143. The number of aliphatic carboxylic acids is 1. The van der Waals surface area contributed by atoms with Crippen molar-refractivity contribution in [1.29, 1.82) is 0 Å². The Balaban J connectivity index is 2.30. The molecule has 1 aliphatic rings. The van der Waals surface area contributed by atoms with Crippen molar-refractivity contribution in [2.75, 3.05) is 0 Å². The van der Waals surface area contributed by atoms with Crippen LogP contribution in [0.1, 0.15) is 48.4 Å². The largest absolute Gasteiger partial charge is 0.481 e. The fourth-order valence-electron chi connectivity index (χ4n) is 2.59. The average Bonchev–Trinajstić information content (AvgIpc) is 2.85. The van der Waals surface area contributed by atoms with Gasteiger partial charge in [0.25, 0.3) is 5.56 Å². The Hall–Kier alpha value is -1.69. The van der Waals surface area contributed by atoms with Crippen LogP contribution in [0, 0.1) is 0 Å². The minimum Gasteiger partial charge on any atom is -0.481 e. The van der Waals surface area contributed by atoms with E-state index in [1.54, 1.807) is 0 Å². The summed E-state index contributed by atoms with van der Waals surface area (Å²) in [6.45, 7) is 3.93. The maximum absolute atomic E-state index is 12.2. The van der Waals surface area contributed by atoms with Crippen LogP contribution in [0.2, 0.25) is 0 Å². The van der Waals surface area contributed by atoms with Crippen molar-refractivity contribution in [1.82, 2.24) is 9.97 Å². The Kier molecular flexibility index (Phi) is 2.70. The van der Waals surface area contributed by atoms with Gasteiger partial charge in [-0.2, -0.15) is 0 Å². The van der Waals surface area contributed by atoms with Crippen LogP contribution in [0.15, 0.2) is 4.79 Å². The van der Waals surface area contributed by atoms with Gasteiger partial charge in [0.1, 0.15) is 10.7 Å². The normalized spacial score (nSPS) is 18.2. The molecule has 0 fully saturated rings. The van der Waals surface area contributed by atoms with E-state index in [0.29, 0.717) is 28.0 Å². The molecule has 2 aromatic rings. The molecule has 1 atom stereocenters. The molecule has 100 valence electrons. The standard InChI is InChI=1S/C13H14N2O3S/c1-5(2)10-14-11(16)9-8-6(13(17)18)3-4-7(8)19-12(9)15-10/h5-6H,3-4H2,1-2H3,(H,17,18)(H,14,15,16). The van der Waals surface area contributed by atoms with E-state index >= 15 is 0 Å². The molecule has 3 rings (SSSR count). The summed E-state index contributed by atoms with van der Waals surface area (Å²) in [4.78, 5) is 32.4. The smallest absolute Gasteiger partial charge is 0.311 e. The van der Waals surface area contributed by atoms with Gasteiger partial charge >= 0.3 is 5.97 Å². The van der Waals surface area contributed by atoms with Crippen molar-refractivity contribution in [2.24, 2.45) is 0 Å². The van der Waals surface area contributed by atoms with Crippen LogP contribution in [0.5, 0.6) is 0 Å². The van der Waals surface area contributed by atoms with Crippen molar-refractivity contribution >= 4 is 27.5 Å². The zero-order valence-corrected chi connectivity index (χ0v) is 11.5. The number of aryl methyl sites for hydroxylation is 1. The second-order valence-electron chi connectivity index (χ2n) is 5.15. The summed E-state index contributed by atoms with van der Waals surface area (Å²) in [5.74, 6) is -0.615. The molecule has 0 radical (unpaired) electrons. The number of thiophene rings is 1. The van der Waals surface area contributed by atoms with Gasteiger partial charge in [0, 0.05) is 10.8 Å². The van der Waals surface area contributed by atoms with Crippen molar-refractivity contribution in [2.45, 2.75) is 38.5 Å². The zero-order valence-electron chi connectivity index (χ0n) is 10.7. The van der Waals surface area contributed by atoms with Gasteiger partial charge in [-0.15, -0.1) is 11.3 Å². The van der Waals surface area contributed by atoms with Gasteiger partial charge in [-0.3, -0.25) is 9.59 Å². The number of nitrogens with one attached hydrogen (secondary N) is 1. The summed E-state index contributed by atoms with van der Waals surface area (Å²) >= 11 is 1.46. The molecule has 0 saturated carbocycles. The third kappa shape index (κ3) is 1.78. The van der Waals surface area contributed by atoms with Crippen molar-refractivity contribution < 1.29 is 9.90 Å². The number of hydrogen-bond acceptors (Lipinski definition) is 4. The molecule has 0 aromatic carbocycles. The topological polar surface area (TPSA) is 83.0 Å². The summed E-state index contributed by atoms with van der Waals surface area (Å²) in [5, 5.41) is 9.72. The molecule has 6 heteroatoms. The molecule has 19 heavy (non-hydrogen) atoms. The van der Waals surface area contributed by atoms with Crippen LogP contribution in [-0.2, 0) is 11.2 Å². The van der Waals surface area contributed by atoms with E-state index in [1.807, 2.05) is 13.8 Å². The van der Waals surface area contributed by atoms with E-state index < -0.39 is 11.9 Å². The fraction of sp³-hybridized carbons (Fsp3) is 0.462. The molecule has 2 aromatic heterocycles. The first-order valence-electron chi connectivity index (χ1n) is 6.27. The van der Waals surface area contributed by atoms with Crippen LogP contribution in [-0.4, -0.2) is 21.0 Å². The Labute approximate surface area is 113 Å². The first kappa shape index (κ1) is 12.3. The molecular formula is C13H14N2O3S. The number of carboxylic acid groups (broad SMARTS) is 1. The van der Waals surface area contributed by atoms with Crippen LogP contribution in [0.4, 0.5) is 0 Å². The predicted octanol–water partition coefficient (Wildman–Crippen LogP) is 2.22. The fourth-order valence-corrected chi connectivity index (χ4v) is 3.84. The summed E-state index contributed by atoms with van der Waals surface area (Å²) in [7, 11) is 0. The predicted molar refractivity (Wildman–Crippen MR) is 73.0 cm³/mol. The number of rotatable bonds is 2. The number of aromatic amines is 1. The molecule has 2 N–H and O–H groups in total. The van der Waals surface area contributed by atoms with Crippen LogP contribution in [0.25, 0.3) is 10.2 Å².